The van der Waals surface area contributed by atoms with Crippen molar-refractivity contribution >= 4 is 37.5 Å². The Balaban J connectivity index is 0.00000456. The van der Waals surface area contributed by atoms with Gasteiger partial charge in [0.15, 0.2) is 0 Å². The van der Waals surface area contributed by atoms with E-state index in [-0.39, 0.29) is 45.4 Å². The molecule has 0 unspecified atom stereocenters. The smallest absolute Gasteiger partial charge is 0.248 e. The second-order valence-electron chi connectivity index (χ2n) is 8.49. The van der Waals surface area contributed by atoms with E-state index in [2.05, 4.69) is 10.3 Å². The molecule has 1 N–H and O–H groups in total. The molecule has 8 nitrogen and oxygen atoms in total. The maximum Gasteiger partial charge on any atom is 0.248 e. The SMILES string of the molecule is CCCC[C@H](CN(C=O)OCc1ccccc1)C(=O)N1C[C@H](F)C[C@H]1C(=O)Nc1ccc(F)cn1.S. The first kappa shape index (κ1) is 29.2. The van der Waals surface area contributed by atoms with Crippen LogP contribution in [0.5, 0.6) is 0 Å². The van der Waals surface area contributed by atoms with Gasteiger partial charge in [-0.1, -0.05) is 50.1 Å². The molecule has 1 aromatic heterocycles. The molecular weight excluding hydrogens is 490 g/mol. The van der Waals surface area contributed by atoms with E-state index in [9.17, 15) is 23.2 Å². The van der Waals surface area contributed by atoms with E-state index in [0.29, 0.717) is 19.3 Å². The Morgan fingerprint density at radius 3 is 2.67 bits per heavy atom. The molecule has 11 heteroatoms. The Morgan fingerprint density at radius 2 is 2.03 bits per heavy atom. The van der Waals surface area contributed by atoms with Crippen molar-refractivity contribution < 1.29 is 28.0 Å². The zero-order valence-corrected chi connectivity index (χ0v) is 21.1. The molecule has 2 aromatic rings. The zero-order valence-electron chi connectivity index (χ0n) is 20.1. The fourth-order valence-electron chi connectivity index (χ4n) is 3.99. The first-order valence-electron chi connectivity index (χ1n) is 11.7. The molecule has 3 atom stereocenters. The second kappa shape index (κ2) is 14.5. The lowest BCUT2D eigenvalue weighted by atomic mass is 9.99. The van der Waals surface area contributed by atoms with E-state index in [1.54, 1.807) is 0 Å². The summed E-state index contributed by atoms with van der Waals surface area (Å²) in [6, 6.07) is 10.7. The summed E-state index contributed by atoms with van der Waals surface area (Å²) >= 11 is 0. The lowest BCUT2D eigenvalue weighted by molar-refractivity contribution is -0.183. The van der Waals surface area contributed by atoms with Crippen LogP contribution in [0.15, 0.2) is 48.7 Å². The molecule has 2 heterocycles. The molecule has 1 saturated heterocycles. The van der Waals surface area contributed by atoms with E-state index in [1.165, 1.54) is 11.0 Å². The van der Waals surface area contributed by atoms with E-state index in [0.717, 1.165) is 29.3 Å². The highest BCUT2D eigenvalue weighted by molar-refractivity contribution is 7.59. The Morgan fingerprint density at radius 1 is 1.28 bits per heavy atom. The van der Waals surface area contributed by atoms with Gasteiger partial charge in [0.1, 0.15) is 30.5 Å². The normalized spacial score (nSPS) is 17.7. The van der Waals surface area contributed by atoms with Gasteiger partial charge in [0, 0.05) is 6.42 Å². The average Bonchev–Trinajstić information content (AvgIpc) is 3.27. The van der Waals surface area contributed by atoms with Crippen molar-refractivity contribution in [2.45, 2.75) is 51.4 Å². The molecular formula is C25H32F2N4O4S. The average molecular weight is 523 g/mol. The number of nitrogens with zero attached hydrogens (tertiary/aromatic N) is 3. The number of unbranched alkanes of at least 4 members (excludes halogenated alkanes) is 1. The molecule has 1 aromatic carbocycles. The predicted octanol–water partition coefficient (Wildman–Crippen LogP) is 3.61. The zero-order chi connectivity index (χ0) is 25.2. The summed E-state index contributed by atoms with van der Waals surface area (Å²) in [5.41, 5.74) is 0.863. The molecule has 196 valence electrons. The lowest BCUT2D eigenvalue weighted by Crippen LogP contribution is -2.48. The number of carbonyl (C=O) groups excluding carboxylic acids is 3. The first-order chi connectivity index (χ1) is 16.9. The number of anilines is 1. The van der Waals surface area contributed by atoms with E-state index in [4.69, 9.17) is 4.84 Å². The van der Waals surface area contributed by atoms with Crippen LogP contribution in [0, 0.1) is 11.7 Å². The van der Waals surface area contributed by atoms with Gasteiger partial charge in [-0.2, -0.15) is 13.5 Å². The largest absolute Gasteiger partial charge is 0.327 e. The Kier molecular flexibility index (Phi) is 11.7. The number of benzene rings is 1. The number of carbonyl (C=O) groups is 3. The third-order valence-corrected chi connectivity index (χ3v) is 5.83. The fraction of sp³-hybridized carbons (Fsp3) is 0.440. The number of rotatable bonds is 12. The number of amides is 3. The fourth-order valence-corrected chi connectivity index (χ4v) is 3.99. The van der Waals surface area contributed by atoms with Crippen LogP contribution in [0.3, 0.4) is 0 Å². The topological polar surface area (TPSA) is 91.8 Å². The Hall–Kier alpha value is -3.05. The van der Waals surface area contributed by atoms with Crippen LogP contribution in [0.4, 0.5) is 14.6 Å². The molecule has 1 aliphatic heterocycles. The van der Waals surface area contributed by atoms with Gasteiger partial charge in [0.25, 0.3) is 0 Å². The second-order valence-corrected chi connectivity index (χ2v) is 8.49. The van der Waals surface area contributed by atoms with Gasteiger partial charge in [0.2, 0.25) is 18.2 Å². The number of hydrogen-bond donors (Lipinski definition) is 1. The van der Waals surface area contributed by atoms with Crippen molar-refractivity contribution in [1.82, 2.24) is 14.9 Å². The van der Waals surface area contributed by atoms with Crippen LogP contribution in [-0.2, 0) is 25.8 Å². The van der Waals surface area contributed by atoms with E-state index in [1.807, 2.05) is 37.3 Å². The summed E-state index contributed by atoms with van der Waals surface area (Å²) in [7, 11) is 0. The molecule has 0 bridgehead atoms. The van der Waals surface area contributed by atoms with Gasteiger partial charge in [0.05, 0.1) is 25.2 Å². The van der Waals surface area contributed by atoms with Crippen molar-refractivity contribution in [3.63, 3.8) is 0 Å². The number of alkyl halides is 1. The molecule has 1 fully saturated rings. The monoisotopic (exact) mass is 522 g/mol. The standard InChI is InChI=1S/C25H30F2N4O4.H2S/c1-2-3-9-19(14-30(17-32)35-16-18-7-5-4-6-8-18)25(34)31-15-21(27)12-22(31)24(33)29-23-11-10-20(26)13-28-23;/h4-8,10-11,13,17,19,21-22H,2-3,9,12,14-16H2,1H3,(H,28,29,33);1H2/t19-,21-,22+;/m1./s1. The number of pyridine rings is 1. The molecule has 0 spiro atoms. The number of likely N-dealkylation sites (tertiary alicyclic amines) is 1. The number of hydrogen-bond acceptors (Lipinski definition) is 5. The van der Waals surface area contributed by atoms with Crippen LogP contribution in [0.1, 0.15) is 38.2 Å². The highest BCUT2D eigenvalue weighted by Crippen LogP contribution is 2.26. The highest BCUT2D eigenvalue weighted by atomic mass is 32.1. The van der Waals surface area contributed by atoms with Gasteiger partial charge < -0.3 is 10.2 Å². The number of hydroxylamine groups is 2. The first-order valence-corrected chi connectivity index (χ1v) is 11.7. The molecule has 0 aliphatic carbocycles. The van der Waals surface area contributed by atoms with Crippen LogP contribution in [-0.4, -0.2) is 58.5 Å². The highest BCUT2D eigenvalue weighted by Gasteiger charge is 2.42. The molecule has 0 radical (unpaired) electrons. The minimum Gasteiger partial charge on any atom is -0.327 e. The summed E-state index contributed by atoms with van der Waals surface area (Å²) in [6.45, 7) is 1.89. The molecule has 1 aliphatic rings. The summed E-state index contributed by atoms with van der Waals surface area (Å²) in [6.07, 6.45) is 1.94. The molecule has 36 heavy (non-hydrogen) atoms. The maximum absolute atomic E-state index is 14.4. The summed E-state index contributed by atoms with van der Waals surface area (Å²) < 4.78 is 27.5. The van der Waals surface area contributed by atoms with Crippen LogP contribution in [0.2, 0.25) is 0 Å². The van der Waals surface area contributed by atoms with Crippen molar-refractivity contribution in [2.75, 3.05) is 18.4 Å². The Labute approximate surface area is 216 Å². The third kappa shape index (κ3) is 8.27. The van der Waals surface area contributed by atoms with Gasteiger partial charge in [-0.25, -0.2) is 18.8 Å². The number of nitrogens with one attached hydrogen (secondary N) is 1. The summed E-state index contributed by atoms with van der Waals surface area (Å²) in [5, 5.41) is 3.60. The van der Waals surface area contributed by atoms with Crippen LogP contribution >= 0.6 is 13.5 Å². The van der Waals surface area contributed by atoms with Crippen LogP contribution in [0.25, 0.3) is 0 Å². The minimum atomic E-state index is -1.36. The predicted molar refractivity (Wildman–Crippen MR) is 135 cm³/mol. The number of aromatic nitrogens is 1. The van der Waals surface area contributed by atoms with Crippen molar-refractivity contribution in [3.05, 3.63) is 60.0 Å². The summed E-state index contributed by atoms with van der Waals surface area (Å²) in [5.74, 6) is -2.13. The van der Waals surface area contributed by atoms with E-state index < -0.39 is 35.8 Å². The maximum atomic E-state index is 14.4. The summed E-state index contributed by atoms with van der Waals surface area (Å²) in [4.78, 5) is 48.5. The van der Waals surface area contributed by atoms with Crippen LogP contribution < -0.4 is 5.32 Å². The third-order valence-electron chi connectivity index (χ3n) is 5.83. The van der Waals surface area contributed by atoms with E-state index >= 15 is 0 Å². The van der Waals surface area contributed by atoms with Gasteiger partial charge in [-0.3, -0.25) is 19.2 Å². The quantitative estimate of drug-likeness (QED) is 0.340. The van der Waals surface area contributed by atoms with Crippen molar-refractivity contribution in [1.29, 1.82) is 0 Å². The van der Waals surface area contributed by atoms with Crippen molar-refractivity contribution in [3.8, 4) is 0 Å². The molecule has 0 saturated carbocycles. The van der Waals surface area contributed by atoms with Crippen molar-refractivity contribution in [2.24, 2.45) is 5.92 Å². The lowest BCUT2D eigenvalue weighted by Gasteiger charge is -2.30. The number of halogens is 2. The molecule has 3 amide bonds. The Bertz CT molecular complexity index is 984. The minimum absolute atomic E-state index is 0. The van der Waals surface area contributed by atoms with Gasteiger partial charge in [-0.15, -0.1) is 0 Å². The van der Waals surface area contributed by atoms with Gasteiger partial charge in [-0.05, 0) is 24.1 Å². The van der Waals surface area contributed by atoms with Gasteiger partial charge >= 0.3 is 0 Å². The molecule has 3 rings (SSSR count).